The molecule has 2 N–H and O–H groups in total. The van der Waals surface area contributed by atoms with Crippen molar-refractivity contribution in [1.82, 2.24) is 10.2 Å². The summed E-state index contributed by atoms with van der Waals surface area (Å²) in [5.74, 6) is 1.09. The van der Waals surface area contributed by atoms with E-state index in [2.05, 4.69) is 46.7 Å². The topological polar surface area (TPSA) is 40.7 Å². The molecule has 0 aliphatic heterocycles. The molecule has 0 amide bonds. The van der Waals surface area contributed by atoms with Crippen molar-refractivity contribution in [1.29, 1.82) is 0 Å². The average Bonchev–Trinajstić information content (AvgIpc) is 2.74. The third kappa shape index (κ3) is 3.03. The number of aryl methyl sites for hydroxylation is 1. The van der Waals surface area contributed by atoms with Gasteiger partial charge in [-0.1, -0.05) is 19.1 Å². The largest absolute Gasteiger partial charge is 0.380 e. The van der Waals surface area contributed by atoms with E-state index in [4.69, 9.17) is 0 Å². The van der Waals surface area contributed by atoms with E-state index in [9.17, 15) is 0 Å². The lowest BCUT2D eigenvalue weighted by molar-refractivity contribution is 1.04. The molecular formula is C13H17N3S. The van der Waals surface area contributed by atoms with Crippen molar-refractivity contribution in [2.24, 2.45) is 0 Å². The molecular weight excluding hydrogens is 230 g/mol. The number of aromatic amines is 1. The highest BCUT2D eigenvalue weighted by Gasteiger charge is 2.03. The SMILES string of the molecule is CCSc1ccccc1NCc1cn[nH]c1C. The van der Waals surface area contributed by atoms with Gasteiger partial charge in [-0.3, -0.25) is 5.10 Å². The van der Waals surface area contributed by atoms with Crippen molar-refractivity contribution in [2.45, 2.75) is 25.3 Å². The van der Waals surface area contributed by atoms with E-state index in [1.54, 1.807) is 0 Å². The molecule has 2 rings (SSSR count). The first-order chi connectivity index (χ1) is 8.31. The van der Waals surface area contributed by atoms with Gasteiger partial charge >= 0.3 is 0 Å². The Hall–Kier alpha value is -1.42. The van der Waals surface area contributed by atoms with Crippen LogP contribution in [0.1, 0.15) is 18.2 Å². The van der Waals surface area contributed by atoms with Crippen LogP contribution in [0.2, 0.25) is 0 Å². The third-order valence-electron chi connectivity index (χ3n) is 2.59. The normalized spacial score (nSPS) is 10.5. The van der Waals surface area contributed by atoms with Crippen LogP contribution in [0.25, 0.3) is 0 Å². The number of hydrogen-bond acceptors (Lipinski definition) is 3. The second-order valence-electron chi connectivity index (χ2n) is 3.80. The highest BCUT2D eigenvalue weighted by Crippen LogP contribution is 2.27. The molecule has 90 valence electrons. The van der Waals surface area contributed by atoms with Crippen LogP contribution in [-0.4, -0.2) is 16.0 Å². The quantitative estimate of drug-likeness (QED) is 0.795. The molecule has 0 spiro atoms. The Balaban J connectivity index is 2.06. The fourth-order valence-corrected chi connectivity index (χ4v) is 2.42. The van der Waals surface area contributed by atoms with Crippen molar-refractivity contribution in [3.05, 3.63) is 41.7 Å². The third-order valence-corrected chi connectivity index (χ3v) is 3.55. The van der Waals surface area contributed by atoms with E-state index in [0.717, 1.165) is 18.0 Å². The van der Waals surface area contributed by atoms with E-state index < -0.39 is 0 Å². The van der Waals surface area contributed by atoms with Gasteiger partial charge in [-0.2, -0.15) is 5.10 Å². The van der Waals surface area contributed by atoms with Gasteiger partial charge < -0.3 is 5.32 Å². The fraction of sp³-hybridized carbons (Fsp3) is 0.308. The lowest BCUT2D eigenvalue weighted by Gasteiger charge is -2.10. The zero-order valence-electron chi connectivity index (χ0n) is 10.2. The second kappa shape index (κ2) is 5.77. The number of thioether (sulfide) groups is 1. The summed E-state index contributed by atoms with van der Waals surface area (Å²) in [6.45, 7) is 5.02. The van der Waals surface area contributed by atoms with Crippen LogP contribution in [0, 0.1) is 6.92 Å². The van der Waals surface area contributed by atoms with Crippen molar-refractivity contribution in [3.63, 3.8) is 0 Å². The zero-order valence-corrected chi connectivity index (χ0v) is 11.0. The number of rotatable bonds is 5. The number of benzene rings is 1. The van der Waals surface area contributed by atoms with E-state index in [1.807, 2.05) is 24.9 Å². The van der Waals surface area contributed by atoms with Gasteiger partial charge in [0.05, 0.1) is 6.20 Å². The molecule has 2 aromatic rings. The van der Waals surface area contributed by atoms with Gasteiger partial charge in [0, 0.05) is 28.4 Å². The van der Waals surface area contributed by atoms with Crippen LogP contribution in [0.15, 0.2) is 35.4 Å². The minimum absolute atomic E-state index is 0.809. The maximum absolute atomic E-state index is 4.02. The first kappa shape index (κ1) is 12.0. The summed E-state index contributed by atoms with van der Waals surface area (Å²) in [6.07, 6.45) is 1.87. The van der Waals surface area contributed by atoms with Gasteiger partial charge in [0.15, 0.2) is 0 Å². The maximum Gasteiger partial charge on any atom is 0.0539 e. The zero-order chi connectivity index (χ0) is 12.1. The number of para-hydroxylation sites is 1. The smallest absolute Gasteiger partial charge is 0.0539 e. The maximum atomic E-state index is 4.02. The number of hydrogen-bond donors (Lipinski definition) is 2. The van der Waals surface area contributed by atoms with Gasteiger partial charge in [-0.25, -0.2) is 0 Å². The number of nitrogens with one attached hydrogen (secondary N) is 2. The van der Waals surface area contributed by atoms with E-state index in [1.165, 1.54) is 16.1 Å². The molecule has 0 radical (unpaired) electrons. The molecule has 1 aromatic heterocycles. The van der Waals surface area contributed by atoms with E-state index in [0.29, 0.717) is 0 Å². The molecule has 0 atom stereocenters. The Kier molecular flexibility index (Phi) is 4.09. The number of nitrogens with zero attached hydrogens (tertiary/aromatic N) is 1. The van der Waals surface area contributed by atoms with Crippen LogP contribution < -0.4 is 5.32 Å². The van der Waals surface area contributed by atoms with Crippen LogP contribution in [-0.2, 0) is 6.54 Å². The molecule has 0 fully saturated rings. The van der Waals surface area contributed by atoms with Crippen molar-refractivity contribution < 1.29 is 0 Å². The van der Waals surface area contributed by atoms with Crippen LogP contribution in [0.5, 0.6) is 0 Å². The Morgan fingerprint density at radius 3 is 2.88 bits per heavy atom. The molecule has 0 bridgehead atoms. The van der Waals surface area contributed by atoms with Gasteiger partial charge in [-0.05, 0) is 24.8 Å². The van der Waals surface area contributed by atoms with Crippen molar-refractivity contribution in [3.8, 4) is 0 Å². The number of aromatic nitrogens is 2. The molecule has 1 aromatic carbocycles. The Labute approximate surface area is 106 Å². The summed E-state index contributed by atoms with van der Waals surface area (Å²) in [7, 11) is 0. The molecule has 17 heavy (non-hydrogen) atoms. The molecule has 0 saturated carbocycles. The number of anilines is 1. The summed E-state index contributed by atoms with van der Waals surface area (Å²) in [6, 6.07) is 8.41. The predicted octanol–water partition coefficient (Wildman–Crippen LogP) is 3.44. The molecule has 4 heteroatoms. The highest BCUT2D eigenvalue weighted by molar-refractivity contribution is 7.99. The van der Waals surface area contributed by atoms with Gasteiger partial charge in [0.25, 0.3) is 0 Å². The molecule has 0 saturated heterocycles. The number of H-pyrrole nitrogens is 1. The Morgan fingerprint density at radius 2 is 2.18 bits per heavy atom. The van der Waals surface area contributed by atoms with Gasteiger partial charge in [-0.15, -0.1) is 11.8 Å². The standard InChI is InChI=1S/C13H17N3S/c1-3-17-13-7-5-4-6-12(13)14-8-11-9-15-16-10(11)2/h4-7,9,14H,3,8H2,1-2H3,(H,15,16). The van der Waals surface area contributed by atoms with Crippen LogP contribution in [0.3, 0.4) is 0 Å². The summed E-state index contributed by atoms with van der Waals surface area (Å²) >= 11 is 1.86. The fourth-order valence-electron chi connectivity index (χ4n) is 1.64. The van der Waals surface area contributed by atoms with E-state index in [-0.39, 0.29) is 0 Å². The minimum Gasteiger partial charge on any atom is -0.380 e. The highest BCUT2D eigenvalue weighted by atomic mass is 32.2. The summed E-state index contributed by atoms with van der Waals surface area (Å²) < 4.78 is 0. The molecule has 0 aliphatic rings. The minimum atomic E-state index is 0.809. The second-order valence-corrected chi connectivity index (χ2v) is 5.11. The summed E-state index contributed by atoms with van der Waals surface area (Å²) in [5, 5.41) is 10.4. The van der Waals surface area contributed by atoms with Gasteiger partial charge in [0.1, 0.15) is 0 Å². The van der Waals surface area contributed by atoms with Crippen LogP contribution in [0.4, 0.5) is 5.69 Å². The molecule has 3 nitrogen and oxygen atoms in total. The monoisotopic (exact) mass is 247 g/mol. The van der Waals surface area contributed by atoms with Crippen molar-refractivity contribution >= 4 is 17.4 Å². The Morgan fingerprint density at radius 1 is 1.35 bits per heavy atom. The van der Waals surface area contributed by atoms with Gasteiger partial charge in [0.2, 0.25) is 0 Å². The lowest BCUT2D eigenvalue weighted by Crippen LogP contribution is -2.01. The first-order valence-electron chi connectivity index (χ1n) is 5.75. The molecule has 0 aliphatic carbocycles. The summed E-state index contributed by atoms with van der Waals surface area (Å²) in [4.78, 5) is 1.30. The average molecular weight is 247 g/mol. The van der Waals surface area contributed by atoms with E-state index >= 15 is 0 Å². The lowest BCUT2D eigenvalue weighted by atomic mass is 10.2. The molecule has 1 heterocycles. The summed E-state index contributed by atoms with van der Waals surface area (Å²) in [5.41, 5.74) is 3.53. The Bertz CT molecular complexity index is 479. The first-order valence-corrected chi connectivity index (χ1v) is 6.74. The van der Waals surface area contributed by atoms with Crippen LogP contribution >= 0.6 is 11.8 Å². The molecule has 0 unspecified atom stereocenters. The predicted molar refractivity (Wildman–Crippen MR) is 73.5 cm³/mol. The van der Waals surface area contributed by atoms with Crippen molar-refractivity contribution in [2.75, 3.05) is 11.1 Å².